The summed E-state index contributed by atoms with van der Waals surface area (Å²) in [6.07, 6.45) is 1.81. The number of hydrogen-bond donors (Lipinski definition) is 2. The fourth-order valence-electron chi connectivity index (χ4n) is 3.63. The fourth-order valence-corrected chi connectivity index (χ4v) is 3.63. The highest BCUT2D eigenvalue weighted by Crippen LogP contribution is 2.28. The minimum absolute atomic E-state index is 0.621. The Balaban J connectivity index is 1.53. The van der Waals surface area contributed by atoms with Crippen molar-refractivity contribution in [1.82, 2.24) is 20.2 Å². The van der Waals surface area contributed by atoms with E-state index < -0.39 is 0 Å². The van der Waals surface area contributed by atoms with Crippen LogP contribution in [0, 0.1) is 0 Å². The summed E-state index contributed by atoms with van der Waals surface area (Å²) in [7, 11) is 0. The third-order valence-corrected chi connectivity index (χ3v) is 5.16. The van der Waals surface area contributed by atoms with Gasteiger partial charge in [-0.15, -0.1) is 0 Å². The lowest BCUT2D eigenvalue weighted by Gasteiger charge is -2.27. The zero-order valence-corrected chi connectivity index (χ0v) is 17.3. The summed E-state index contributed by atoms with van der Waals surface area (Å²) in [5.74, 6) is 2.25. The van der Waals surface area contributed by atoms with E-state index in [2.05, 4.69) is 20.4 Å². The Morgan fingerprint density at radius 2 is 2.00 bits per heavy atom. The molecule has 0 atom stereocenters. The van der Waals surface area contributed by atoms with Crippen LogP contribution < -0.4 is 15.0 Å². The molecule has 0 amide bonds. The summed E-state index contributed by atoms with van der Waals surface area (Å²) in [6.45, 7) is 5.48. The van der Waals surface area contributed by atoms with Crippen molar-refractivity contribution in [2.24, 2.45) is 0 Å². The van der Waals surface area contributed by atoms with Gasteiger partial charge in [-0.2, -0.15) is 10.1 Å². The molecule has 4 aromatic rings. The number of aromatic nitrogens is 4. The average molecular weight is 416 g/mol. The van der Waals surface area contributed by atoms with Crippen molar-refractivity contribution < 1.29 is 9.47 Å². The van der Waals surface area contributed by atoms with Gasteiger partial charge in [0.05, 0.1) is 37.2 Å². The Hall–Kier alpha value is -3.65. The highest BCUT2D eigenvalue weighted by atomic mass is 16.5. The molecule has 0 spiro atoms. The number of fused-ring (bicyclic) bond motifs is 1. The van der Waals surface area contributed by atoms with E-state index in [9.17, 15) is 0 Å². The van der Waals surface area contributed by atoms with E-state index in [1.807, 2.05) is 61.7 Å². The molecule has 158 valence electrons. The molecule has 0 radical (unpaired) electrons. The third kappa shape index (κ3) is 4.29. The Morgan fingerprint density at radius 3 is 2.87 bits per heavy atom. The molecule has 0 bridgehead atoms. The van der Waals surface area contributed by atoms with Crippen molar-refractivity contribution in [3.05, 3.63) is 54.7 Å². The molecule has 2 aromatic heterocycles. The van der Waals surface area contributed by atoms with Gasteiger partial charge in [-0.1, -0.05) is 12.1 Å². The normalized spacial score (nSPS) is 14.0. The van der Waals surface area contributed by atoms with Crippen molar-refractivity contribution in [1.29, 1.82) is 0 Å². The highest BCUT2D eigenvalue weighted by molar-refractivity contribution is 5.83. The molecule has 2 N–H and O–H groups in total. The second-order valence-corrected chi connectivity index (χ2v) is 7.30. The highest BCUT2D eigenvalue weighted by Gasteiger charge is 2.17. The van der Waals surface area contributed by atoms with Crippen LogP contribution in [-0.4, -0.2) is 53.1 Å². The maximum absolute atomic E-state index is 5.68. The van der Waals surface area contributed by atoms with Gasteiger partial charge in [-0.3, -0.25) is 5.10 Å². The summed E-state index contributed by atoms with van der Waals surface area (Å²) < 4.78 is 11.2. The summed E-state index contributed by atoms with van der Waals surface area (Å²) in [4.78, 5) is 11.8. The van der Waals surface area contributed by atoms with Crippen LogP contribution >= 0.6 is 0 Å². The number of hydrogen-bond acceptors (Lipinski definition) is 7. The van der Waals surface area contributed by atoms with E-state index >= 15 is 0 Å². The maximum atomic E-state index is 5.68. The van der Waals surface area contributed by atoms with Crippen molar-refractivity contribution >= 4 is 28.4 Å². The molecule has 0 saturated carbocycles. The largest absolute Gasteiger partial charge is 0.494 e. The molecule has 31 heavy (non-hydrogen) atoms. The molecular formula is C23H24N6O2. The van der Waals surface area contributed by atoms with Crippen LogP contribution in [0.15, 0.2) is 54.7 Å². The third-order valence-electron chi connectivity index (χ3n) is 5.16. The topological polar surface area (TPSA) is 88.2 Å². The first-order valence-corrected chi connectivity index (χ1v) is 10.4. The molecule has 2 aromatic carbocycles. The molecule has 1 aliphatic heterocycles. The van der Waals surface area contributed by atoms with Crippen LogP contribution in [0.1, 0.15) is 6.92 Å². The first-order valence-electron chi connectivity index (χ1n) is 10.4. The SMILES string of the molecule is CCOc1cccc(-c2cc(Nc3ccc4[nH]ncc4c3)nc(N3CCOCC3)n2)c1. The summed E-state index contributed by atoms with van der Waals surface area (Å²) >= 11 is 0. The van der Waals surface area contributed by atoms with Gasteiger partial charge in [0.1, 0.15) is 11.6 Å². The van der Waals surface area contributed by atoms with E-state index in [0.717, 1.165) is 52.5 Å². The van der Waals surface area contributed by atoms with Crippen molar-refractivity contribution in [3.8, 4) is 17.0 Å². The van der Waals surface area contributed by atoms with Gasteiger partial charge in [-0.25, -0.2) is 4.98 Å². The van der Waals surface area contributed by atoms with E-state index in [-0.39, 0.29) is 0 Å². The number of aromatic amines is 1. The van der Waals surface area contributed by atoms with Gasteiger partial charge in [0.2, 0.25) is 5.95 Å². The van der Waals surface area contributed by atoms with Crippen LogP contribution in [0.2, 0.25) is 0 Å². The van der Waals surface area contributed by atoms with Crippen molar-refractivity contribution in [2.45, 2.75) is 6.92 Å². The zero-order chi connectivity index (χ0) is 21.0. The van der Waals surface area contributed by atoms with Crippen LogP contribution in [0.5, 0.6) is 5.75 Å². The predicted molar refractivity (Wildman–Crippen MR) is 121 cm³/mol. The first kappa shape index (κ1) is 19.3. The zero-order valence-electron chi connectivity index (χ0n) is 17.3. The lowest BCUT2D eigenvalue weighted by Crippen LogP contribution is -2.37. The number of anilines is 3. The van der Waals surface area contributed by atoms with Gasteiger partial charge >= 0.3 is 0 Å². The monoisotopic (exact) mass is 416 g/mol. The Morgan fingerprint density at radius 1 is 1.10 bits per heavy atom. The Bertz CT molecular complexity index is 1190. The molecule has 8 nitrogen and oxygen atoms in total. The predicted octanol–water partition coefficient (Wildman–Crippen LogP) is 4.00. The fraction of sp³-hybridized carbons (Fsp3) is 0.261. The number of nitrogens with one attached hydrogen (secondary N) is 2. The minimum Gasteiger partial charge on any atom is -0.494 e. The number of rotatable bonds is 6. The molecule has 3 heterocycles. The number of benzene rings is 2. The van der Waals surface area contributed by atoms with Crippen molar-refractivity contribution in [2.75, 3.05) is 43.1 Å². The van der Waals surface area contributed by atoms with Crippen LogP contribution in [0.4, 0.5) is 17.5 Å². The number of H-pyrrole nitrogens is 1. The van der Waals surface area contributed by atoms with Crippen LogP contribution in [0.3, 0.4) is 0 Å². The molecule has 5 rings (SSSR count). The Kier molecular flexibility index (Phi) is 5.37. The molecule has 8 heteroatoms. The molecule has 1 aliphatic rings. The van der Waals surface area contributed by atoms with E-state index in [0.29, 0.717) is 25.8 Å². The number of morpholine rings is 1. The van der Waals surface area contributed by atoms with Gasteiger partial charge < -0.3 is 19.7 Å². The van der Waals surface area contributed by atoms with Crippen LogP contribution in [-0.2, 0) is 4.74 Å². The average Bonchev–Trinajstić information content (AvgIpc) is 3.28. The molecule has 0 aliphatic carbocycles. The van der Waals surface area contributed by atoms with Gasteiger partial charge in [0.25, 0.3) is 0 Å². The number of nitrogens with zero attached hydrogens (tertiary/aromatic N) is 4. The quantitative estimate of drug-likeness (QED) is 0.491. The first-order chi connectivity index (χ1) is 15.3. The Labute approximate surface area is 180 Å². The molecule has 1 saturated heterocycles. The standard InChI is InChI=1S/C23H24N6O2/c1-2-31-19-5-3-4-16(13-19)21-14-22(27-23(26-21)29-8-10-30-11-9-29)25-18-6-7-20-17(12-18)15-24-28-20/h3-7,12-15H,2,8-11H2,1H3,(H,24,28)(H,25,26,27). The van der Waals surface area contributed by atoms with E-state index in [1.54, 1.807) is 0 Å². The summed E-state index contributed by atoms with van der Waals surface area (Å²) in [5, 5.41) is 11.5. The lowest BCUT2D eigenvalue weighted by molar-refractivity contribution is 0.122. The lowest BCUT2D eigenvalue weighted by atomic mass is 10.1. The van der Waals surface area contributed by atoms with Gasteiger partial charge in [0.15, 0.2) is 0 Å². The van der Waals surface area contributed by atoms with Crippen molar-refractivity contribution in [3.63, 3.8) is 0 Å². The van der Waals surface area contributed by atoms with Gasteiger partial charge in [-0.05, 0) is 37.3 Å². The van der Waals surface area contributed by atoms with E-state index in [1.165, 1.54) is 0 Å². The second-order valence-electron chi connectivity index (χ2n) is 7.30. The van der Waals surface area contributed by atoms with Crippen LogP contribution in [0.25, 0.3) is 22.2 Å². The second kappa shape index (κ2) is 8.61. The maximum Gasteiger partial charge on any atom is 0.228 e. The minimum atomic E-state index is 0.621. The van der Waals surface area contributed by atoms with Gasteiger partial charge in [0, 0.05) is 35.8 Å². The smallest absolute Gasteiger partial charge is 0.228 e. The molecule has 0 unspecified atom stereocenters. The molecule has 1 fully saturated rings. The summed E-state index contributed by atoms with van der Waals surface area (Å²) in [6, 6.07) is 16.0. The summed E-state index contributed by atoms with van der Waals surface area (Å²) in [5.41, 5.74) is 3.76. The molecular weight excluding hydrogens is 392 g/mol. The number of ether oxygens (including phenoxy) is 2. The van der Waals surface area contributed by atoms with E-state index in [4.69, 9.17) is 19.4 Å².